The monoisotopic (exact) mass is 371 g/mol. The predicted octanol–water partition coefficient (Wildman–Crippen LogP) is 2.60. The molecule has 7 heteroatoms. The van der Waals surface area contributed by atoms with Gasteiger partial charge in [0.15, 0.2) is 0 Å². The molecule has 0 aliphatic carbocycles. The molecule has 2 aromatic rings. The normalized spacial score (nSPS) is 10.4. The van der Waals surface area contributed by atoms with E-state index in [1.807, 2.05) is 31.2 Å². The van der Waals surface area contributed by atoms with Crippen LogP contribution in [0.5, 0.6) is 11.5 Å². The summed E-state index contributed by atoms with van der Waals surface area (Å²) < 4.78 is 10.5. The highest BCUT2D eigenvalue weighted by molar-refractivity contribution is 5.96. The molecule has 27 heavy (non-hydrogen) atoms. The van der Waals surface area contributed by atoms with Crippen LogP contribution in [0.3, 0.4) is 0 Å². The lowest BCUT2D eigenvalue weighted by Gasteiger charge is -2.20. The Kier molecular flexibility index (Phi) is 7.63. The molecule has 0 atom stereocenters. The number of ether oxygens (including phenoxy) is 2. The van der Waals surface area contributed by atoms with Gasteiger partial charge in [-0.15, -0.1) is 0 Å². The first-order chi connectivity index (χ1) is 13.1. The van der Waals surface area contributed by atoms with Crippen LogP contribution in [0.4, 0.5) is 11.4 Å². The third-order valence-corrected chi connectivity index (χ3v) is 3.94. The molecule has 0 aromatic heterocycles. The molecule has 0 saturated heterocycles. The summed E-state index contributed by atoms with van der Waals surface area (Å²) in [6.07, 6.45) is 0. The van der Waals surface area contributed by atoms with Crippen LogP contribution in [-0.4, -0.2) is 50.6 Å². The molecule has 7 nitrogen and oxygen atoms in total. The van der Waals surface area contributed by atoms with Gasteiger partial charge in [0.25, 0.3) is 0 Å². The highest BCUT2D eigenvalue weighted by Gasteiger charge is 2.15. The van der Waals surface area contributed by atoms with Gasteiger partial charge in [0.1, 0.15) is 11.5 Å². The van der Waals surface area contributed by atoms with E-state index in [9.17, 15) is 9.59 Å². The van der Waals surface area contributed by atoms with Gasteiger partial charge in [-0.2, -0.15) is 0 Å². The predicted molar refractivity (Wildman–Crippen MR) is 105 cm³/mol. The van der Waals surface area contributed by atoms with Crippen LogP contribution in [0.25, 0.3) is 0 Å². The summed E-state index contributed by atoms with van der Waals surface area (Å²) >= 11 is 0. The van der Waals surface area contributed by atoms with Crippen molar-refractivity contribution in [1.82, 2.24) is 4.90 Å². The first kappa shape index (κ1) is 20.3. The molecule has 0 spiro atoms. The molecule has 0 aliphatic rings. The van der Waals surface area contributed by atoms with Crippen LogP contribution in [0.15, 0.2) is 48.5 Å². The van der Waals surface area contributed by atoms with Crippen molar-refractivity contribution < 1.29 is 19.1 Å². The number of likely N-dealkylation sites (N-methyl/N-ethyl adjacent to an activating group) is 1. The average Bonchev–Trinajstić information content (AvgIpc) is 2.68. The Balaban J connectivity index is 1.92. The number of rotatable bonds is 9. The zero-order valence-corrected chi connectivity index (χ0v) is 15.8. The summed E-state index contributed by atoms with van der Waals surface area (Å²) in [5.74, 6) is 0.739. The molecule has 0 saturated carbocycles. The van der Waals surface area contributed by atoms with Crippen molar-refractivity contribution in [2.24, 2.45) is 0 Å². The lowest BCUT2D eigenvalue weighted by Crippen LogP contribution is -2.38. The summed E-state index contributed by atoms with van der Waals surface area (Å²) in [4.78, 5) is 26.4. The van der Waals surface area contributed by atoms with Crippen LogP contribution in [0.1, 0.15) is 6.92 Å². The highest BCUT2D eigenvalue weighted by atomic mass is 16.5. The van der Waals surface area contributed by atoms with Crippen molar-refractivity contribution in [2.75, 3.05) is 44.5 Å². The molecule has 0 heterocycles. The minimum Gasteiger partial charge on any atom is -0.495 e. The highest BCUT2D eigenvalue weighted by Crippen LogP contribution is 2.23. The summed E-state index contributed by atoms with van der Waals surface area (Å²) in [7, 11) is 3.09. The van der Waals surface area contributed by atoms with Gasteiger partial charge in [-0.1, -0.05) is 31.2 Å². The lowest BCUT2D eigenvalue weighted by atomic mass is 10.3. The molecule has 2 aromatic carbocycles. The van der Waals surface area contributed by atoms with Crippen LogP contribution in [-0.2, 0) is 9.59 Å². The minimum atomic E-state index is -0.216. The van der Waals surface area contributed by atoms with E-state index in [0.717, 1.165) is 0 Å². The molecular weight excluding hydrogens is 346 g/mol. The SMILES string of the molecule is CCN(CC(=O)Nc1ccccc1OC)CC(=O)Nc1ccccc1OC. The van der Waals surface area contributed by atoms with E-state index in [1.165, 1.54) is 0 Å². The quantitative estimate of drug-likeness (QED) is 0.708. The Hall–Kier alpha value is -3.06. The summed E-state index contributed by atoms with van der Waals surface area (Å²) in [5.41, 5.74) is 1.19. The van der Waals surface area contributed by atoms with Crippen LogP contribution in [0.2, 0.25) is 0 Å². The number of methoxy groups -OCH3 is 2. The number of hydrogen-bond donors (Lipinski definition) is 2. The number of anilines is 2. The molecule has 0 aliphatic heterocycles. The number of para-hydroxylation sites is 4. The van der Waals surface area contributed by atoms with Gasteiger partial charge in [-0.05, 0) is 30.8 Å². The zero-order valence-electron chi connectivity index (χ0n) is 15.8. The van der Waals surface area contributed by atoms with Crippen LogP contribution < -0.4 is 20.1 Å². The molecule has 2 rings (SSSR count). The Labute approximate surface area is 159 Å². The van der Waals surface area contributed by atoms with Gasteiger partial charge >= 0.3 is 0 Å². The van der Waals surface area contributed by atoms with Crippen molar-refractivity contribution in [2.45, 2.75) is 6.92 Å². The van der Waals surface area contributed by atoms with E-state index in [0.29, 0.717) is 29.4 Å². The number of benzene rings is 2. The second-order valence-corrected chi connectivity index (χ2v) is 5.80. The van der Waals surface area contributed by atoms with Crippen molar-refractivity contribution in [3.63, 3.8) is 0 Å². The number of nitrogens with one attached hydrogen (secondary N) is 2. The molecule has 0 fully saturated rings. The Morgan fingerprint density at radius 3 is 1.59 bits per heavy atom. The molecular formula is C20H25N3O4. The maximum absolute atomic E-state index is 12.3. The number of hydrogen-bond acceptors (Lipinski definition) is 5. The van der Waals surface area contributed by atoms with E-state index < -0.39 is 0 Å². The summed E-state index contributed by atoms with van der Waals surface area (Å²) in [5, 5.41) is 5.62. The van der Waals surface area contributed by atoms with Gasteiger partial charge in [0.2, 0.25) is 11.8 Å². The summed E-state index contributed by atoms with van der Waals surface area (Å²) in [6, 6.07) is 14.4. The fraction of sp³-hybridized carbons (Fsp3) is 0.300. The Morgan fingerprint density at radius 1 is 0.815 bits per heavy atom. The molecule has 144 valence electrons. The van der Waals surface area contributed by atoms with Gasteiger partial charge in [0.05, 0.1) is 38.7 Å². The minimum absolute atomic E-state index is 0.0912. The third kappa shape index (κ3) is 6.00. The van der Waals surface area contributed by atoms with E-state index in [2.05, 4.69) is 10.6 Å². The van der Waals surface area contributed by atoms with Crippen LogP contribution >= 0.6 is 0 Å². The zero-order chi connectivity index (χ0) is 19.6. The van der Waals surface area contributed by atoms with Gasteiger partial charge < -0.3 is 20.1 Å². The standard InChI is InChI=1S/C20H25N3O4/c1-4-23(13-19(24)21-15-9-5-7-11-17(15)26-2)14-20(25)22-16-10-6-8-12-18(16)27-3/h5-12H,4,13-14H2,1-3H3,(H,21,24)(H,22,25). The lowest BCUT2D eigenvalue weighted by molar-refractivity contribution is -0.119. The second kappa shape index (κ2) is 10.2. The average molecular weight is 371 g/mol. The molecule has 0 bridgehead atoms. The Bertz CT molecular complexity index is 716. The van der Waals surface area contributed by atoms with Crippen molar-refractivity contribution >= 4 is 23.2 Å². The number of carbonyl (C=O) groups is 2. The fourth-order valence-corrected chi connectivity index (χ4v) is 2.56. The first-order valence-corrected chi connectivity index (χ1v) is 8.65. The van der Waals surface area contributed by atoms with Crippen molar-refractivity contribution in [3.05, 3.63) is 48.5 Å². The fourth-order valence-electron chi connectivity index (χ4n) is 2.56. The van der Waals surface area contributed by atoms with Gasteiger partial charge in [-0.3, -0.25) is 14.5 Å². The maximum Gasteiger partial charge on any atom is 0.238 e. The van der Waals surface area contributed by atoms with Crippen LogP contribution in [0, 0.1) is 0 Å². The molecule has 0 radical (unpaired) electrons. The largest absolute Gasteiger partial charge is 0.495 e. The Morgan fingerprint density at radius 2 is 1.22 bits per heavy atom. The molecule has 2 amide bonds. The molecule has 2 N–H and O–H groups in total. The van der Waals surface area contributed by atoms with Gasteiger partial charge in [0, 0.05) is 0 Å². The van der Waals surface area contributed by atoms with E-state index >= 15 is 0 Å². The number of carbonyl (C=O) groups excluding carboxylic acids is 2. The van der Waals surface area contributed by atoms with E-state index in [-0.39, 0.29) is 24.9 Å². The van der Waals surface area contributed by atoms with Gasteiger partial charge in [-0.25, -0.2) is 0 Å². The maximum atomic E-state index is 12.3. The topological polar surface area (TPSA) is 79.9 Å². The van der Waals surface area contributed by atoms with E-state index in [4.69, 9.17) is 9.47 Å². The van der Waals surface area contributed by atoms with Crippen molar-refractivity contribution in [1.29, 1.82) is 0 Å². The second-order valence-electron chi connectivity index (χ2n) is 5.80. The van der Waals surface area contributed by atoms with E-state index in [1.54, 1.807) is 43.4 Å². The third-order valence-electron chi connectivity index (χ3n) is 3.94. The molecule has 0 unspecified atom stereocenters. The van der Waals surface area contributed by atoms with Crippen molar-refractivity contribution in [3.8, 4) is 11.5 Å². The number of nitrogens with zero attached hydrogens (tertiary/aromatic N) is 1. The first-order valence-electron chi connectivity index (χ1n) is 8.65. The summed E-state index contributed by atoms with van der Waals surface area (Å²) in [6.45, 7) is 2.63. The smallest absolute Gasteiger partial charge is 0.238 e. The number of amides is 2.